The summed E-state index contributed by atoms with van der Waals surface area (Å²) in [5.74, 6) is 1.90. The van der Waals surface area contributed by atoms with Crippen molar-refractivity contribution in [1.82, 2.24) is 28.7 Å². The first-order valence-electron chi connectivity index (χ1n) is 17.4. The van der Waals surface area contributed by atoms with E-state index in [0.717, 1.165) is 77.3 Å². The fourth-order valence-corrected chi connectivity index (χ4v) is 7.47. The highest BCUT2D eigenvalue weighted by molar-refractivity contribution is 7.00. The molecule has 0 aliphatic carbocycles. The van der Waals surface area contributed by atoms with Crippen LogP contribution < -0.4 is 0 Å². The van der Waals surface area contributed by atoms with Crippen molar-refractivity contribution in [3.05, 3.63) is 170 Å². The molecular weight excluding hydrogens is 669 g/mol. The van der Waals surface area contributed by atoms with Crippen LogP contribution >= 0.6 is 11.7 Å². The second-order valence-corrected chi connectivity index (χ2v) is 13.4. The van der Waals surface area contributed by atoms with Crippen LogP contribution in [-0.2, 0) is 0 Å². The van der Waals surface area contributed by atoms with Crippen LogP contribution in [0.5, 0.6) is 0 Å². The Bertz CT molecular complexity index is 2910. The second-order valence-electron chi connectivity index (χ2n) is 12.9. The summed E-state index contributed by atoms with van der Waals surface area (Å²) in [4.78, 5) is 20.0. The first kappa shape index (κ1) is 30.8. The highest BCUT2D eigenvalue weighted by Gasteiger charge is 2.16. The quantitative estimate of drug-likeness (QED) is 0.161. The Hall–Kier alpha value is -6.96. The minimum absolute atomic E-state index is 0.626. The van der Waals surface area contributed by atoms with E-state index in [-0.39, 0.29) is 0 Å². The van der Waals surface area contributed by atoms with Crippen molar-refractivity contribution in [2.24, 2.45) is 0 Å². The number of hydrogen-bond donors (Lipinski definition) is 0. The number of fused-ring (bicyclic) bond motifs is 5. The van der Waals surface area contributed by atoms with Crippen LogP contribution in [0, 0.1) is 0 Å². The van der Waals surface area contributed by atoms with Crippen LogP contribution in [-0.4, -0.2) is 28.7 Å². The lowest BCUT2D eigenvalue weighted by Crippen LogP contribution is -2.00. The minimum Gasteiger partial charge on any atom is -0.247 e. The molecule has 3 aromatic heterocycles. The molecule has 0 spiro atoms. The van der Waals surface area contributed by atoms with E-state index in [0.29, 0.717) is 17.5 Å². The van der Waals surface area contributed by atoms with Gasteiger partial charge in [-0.3, -0.25) is 0 Å². The van der Waals surface area contributed by atoms with Crippen LogP contribution in [0.4, 0.5) is 0 Å². The SMILES string of the molecule is c1ccc(-c2ccc(-c3nc(-c4ccccc4)nc(-c4ccc(-c5ccc(-c6nc7ccccc7c7c6ccc6nsnc67)cc5)cc4)n3)cc2)cc1. The van der Waals surface area contributed by atoms with Crippen LogP contribution in [0.1, 0.15) is 0 Å². The smallest absolute Gasteiger partial charge is 0.164 e. The predicted molar refractivity (Wildman–Crippen MR) is 216 cm³/mol. The summed E-state index contributed by atoms with van der Waals surface area (Å²) in [7, 11) is 0. The first-order chi connectivity index (χ1) is 26.2. The molecule has 10 aromatic rings. The molecule has 53 heavy (non-hydrogen) atoms. The van der Waals surface area contributed by atoms with Gasteiger partial charge in [-0.15, -0.1) is 0 Å². The third kappa shape index (κ3) is 5.69. The van der Waals surface area contributed by atoms with Gasteiger partial charge in [0, 0.05) is 38.4 Å². The van der Waals surface area contributed by atoms with Crippen molar-refractivity contribution in [2.45, 2.75) is 0 Å². The third-order valence-corrected chi connectivity index (χ3v) is 10.2. The lowest BCUT2D eigenvalue weighted by molar-refractivity contribution is 1.07. The summed E-state index contributed by atoms with van der Waals surface area (Å²) in [6.45, 7) is 0. The fourth-order valence-electron chi connectivity index (χ4n) is 6.93. The van der Waals surface area contributed by atoms with Gasteiger partial charge in [0.05, 0.1) is 22.9 Å². The van der Waals surface area contributed by atoms with Crippen molar-refractivity contribution in [1.29, 1.82) is 0 Å². The number of pyridine rings is 1. The predicted octanol–water partition coefficient (Wildman–Crippen LogP) is 11.6. The molecule has 0 amide bonds. The van der Waals surface area contributed by atoms with Crippen molar-refractivity contribution < 1.29 is 0 Å². The molecule has 0 atom stereocenters. The summed E-state index contributed by atoms with van der Waals surface area (Å²) in [6, 6.07) is 58.3. The largest absolute Gasteiger partial charge is 0.247 e. The van der Waals surface area contributed by atoms with Gasteiger partial charge in [0.2, 0.25) is 0 Å². The molecule has 0 fully saturated rings. The molecule has 0 bridgehead atoms. The van der Waals surface area contributed by atoms with Gasteiger partial charge in [0.1, 0.15) is 11.0 Å². The highest BCUT2D eigenvalue weighted by atomic mass is 32.1. The van der Waals surface area contributed by atoms with E-state index in [1.165, 1.54) is 17.3 Å². The maximum absolute atomic E-state index is 5.12. The topological polar surface area (TPSA) is 77.3 Å². The van der Waals surface area contributed by atoms with Gasteiger partial charge in [-0.05, 0) is 40.5 Å². The Morgan fingerprint density at radius 1 is 0.302 bits per heavy atom. The van der Waals surface area contributed by atoms with E-state index >= 15 is 0 Å². The summed E-state index contributed by atoms with van der Waals surface area (Å²) in [5, 5.41) is 3.25. The van der Waals surface area contributed by atoms with Crippen LogP contribution in [0.3, 0.4) is 0 Å². The Kier molecular flexibility index (Phi) is 7.55. The zero-order chi connectivity index (χ0) is 35.1. The molecule has 0 saturated carbocycles. The minimum atomic E-state index is 0.626. The Morgan fingerprint density at radius 2 is 0.755 bits per heavy atom. The summed E-state index contributed by atoms with van der Waals surface area (Å²) < 4.78 is 9.16. The Balaban J connectivity index is 0.989. The van der Waals surface area contributed by atoms with Crippen molar-refractivity contribution >= 4 is 44.4 Å². The molecule has 0 unspecified atom stereocenters. The van der Waals surface area contributed by atoms with Gasteiger partial charge in [-0.1, -0.05) is 152 Å². The highest BCUT2D eigenvalue weighted by Crippen LogP contribution is 2.37. The Labute approximate surface area is 309 Å². The van der Waals surface area contributed by atoms with Gasteiger partial charge in [0.25, 0.3) is 0 Å². The average Bonchev–Trinajstić information content (AvgIpc) is 3.74. The zero-order valence-corrected chi connectivity index (χ0v) is 29.1. The maximum atomic E-state index is 5.12. The van der Waals surface area contributed by atoms with E-state index in [4.69, 9.17) is 19.9 Å². The van der Waals surface area contributed by atoms with E-state index in [1.54, 1.807) is 0 Å². The fraction of sp³-hybridized carbons (Fsp3) is 0. The first-order valence-corrected chi connectivity index (χ1v) is 18.1. The van der Waals surface area contributed by atoms with E-state index in [9.17, 15) is 0 Å². The van der Waals surface area contributed by atoms with Gasteiger partial charge >= 0.3 is 0 Å². The van der Waals surface area contributed by atoms with Gasteiger partial charge in [-0.25, -0.2) is 19.9 Å². The number of hydrogen-bond acceptors (Lipinski definition) is 7. The summed E-state index contributed by atoms with van der Waals surface area (Å²) >= 11 is 1.24. The molecule has 0 aliphatic rings. The Morgan fingerprint density at radius 3 is 1.34 bits per heavy atom. The number of benzene rings is 7. The van der Waals surface area contributed by atoms with Gasteiger partial charge < -0.3 is 0 Å². The average molecular weight is 697 g/mol. The van der Waals surface area contributed by atoms with Crippen molar-refractivity contribution in [2.75, 3.05) is 0 Å². The van der Waals surface area contributed by atoms with Crippen molar-refractivity contribution in [3.8, 4) is 67.7 Å². The molecule has 6 nitrogen and oxygen atoms in total. The zero-order valence-electron chi connectivity index (χ0n) is 28.3. The number of para-hydroxylation sites is 1. The monoisotopic (exact) mass is 696 g/mol. The van der Waals surface area contributed by atoms with Gasteiger partial charge in [0.15, 0.2) is 17.5 Å². The van der Waals surface area contributed by atoms with Crippen LogP contribution in [0.2, 0.25) is 0 Å². The number of rotatable bonds is 6. The number of nitrogens with zero attached hydrogens (tertiary/aromatic N) is 6. The van der Waals surface area contributed by atoms with Crippen molar-refractivity contribution in [3.63, 3.8) is 0 Å². The molecular formula is C46H28N6S. The number of aromatic nitrogens is 6. The molecule has 0 saturated heterocycles. The molecule has 7 aromatic carbocycles. The molecule has 0 aliphatic heterocycles. The molecule has 0 N–H and O–H groups in total. The summed E-state index contributed by atoms with van der Waals surface area (Å²) in [6.07, 6.45) is 0. The van der Waals surface area contributed by atoms with E-state index in [2.05, 4.69) is 130 Å². The maximum Gasteiger partial charge on any atom is 0.164 e. The van der Waals surface area contributed by atoms with Crippen LogP contribution in [0.15, 0.2) is 170 Å². The molecule has 0 radical (unpaired) electrons. The summed E-state index contributed by atoms with van der Waals surface area (Å²) in [5.41, 5.74) is 12.1. The van der Waals surface area contributed by atoms with Gasteiger partial charge in [-0.2, -0.15) is 8.75 Å². The van der Waals surface area contributed by atoms with E-state index < -0.39 is 0 Å². The second kappa shape index (κ2) is 13.0. The lowest BCUT2D eigenvalue weighted by Gasteiger charge is -2.11. The van der Waals surface area contributed by atoms with E-state index in [1.807, 2.05) is 48.5 Å². The molecule has 10 rings (SSSR count). The lowest BCUT2D eigenvalue weighted by atomic mass is 9.97. The molecule has 7 heteroatoms. The molecule has 3 heterocycles. The third-order valence-electron chi connectivity index (χ3n) is 9.64. The normalized spacial score (nSPS) is 11.4. The van der Waals surface area contributed by atoms with Crippen LogP contribution in [0.25, 0.3) is 100 Å². The molecule has 248 valence electrons. The standard InChI is InChI=1S/C46H28N6S/c1-3-9-29(10-4-1)30-17-23-35(24-18-30)45-48-44(34-11-5-2-6-12-34)49-46(50-45)36-25-19-32(20-26-36)31-15-21-33(22-16-31)42-38-27-28-40-43(52-53-51-40)41(38)37-13-7-8-14-39(37)47-42/h1-28H.